The van der Waals surface area contributed by atoms with Crippen molar-refractivity contribution < 1.29 is 24.2 Å². The number of carbonyl (C=O) groups is 2. The fourth-order valence-electron chi connectivity index (χ4n) is 2.31. The van der Waals surface area contributed by atoms with E-state index < -0.39 is 30.1 Å². The highest BCUT2D eigenvalue weighted by atomic mass is 16.6. The molecule has 1 fully saturated rings. The summed E-state index contributed by atoms with van der Waals surface area (Å²) in [5.74, 6) is -0.563. The van der Waals surface area contributed by atoms with E-state index in [1.165, 1.54) is 23.8 Å². The van der Waals surface area contributed by atoms with Crippen molar-refractivity contribution in [2.75, 3.05) is 12.3 Å². The van der Waals surface area contributed by atoms with Crippen molar-refractivity contribution in [3.8, 4) is 0 Å². The topological polar surface area (TPSA) is 134 Å². The summed E-state index contributed by atoms with van der Waals surface area (Å²) in [7, 11) is 0. The second kappa shape index (κ2) is 7.34. The second-order valence-electron chi connectivity index (χ2n) is 5.32. The molecule has 0 aromatic carbocycles. The van der Waals surface area contributed by atoms with Gasteiger partial charge in [0.1, 0.15) is 30.0 Å². The van der Waals surface area contributed by atoms with Crippen LogP contribution in [-0.2, 0) is 19.1 Å². The monoisotopic (exact) mass is 325 g/mol. The van der Waals surface area contributed by atoms with Crippen LogP contribution in [0, 0.1) is 0 Å². The Hall–Kier alpha value is -2.26. The third-order valence-corrected chi connectivity index (χ3v) is 3.49. The van der Waals surface area contributed by atoms with Crippen LogP contribution in [0.1, 0.15) is 32.4 Å². The van der Waals surface area contributed by atoms with Gasteiger partial charge in [0.2, 0.25) is 0 Å². The van der Waals surface area contributed by atoms with Crippen LogP contribution < -0.4 is 11.4 Å². The highest BCUT2D eigenvalue weighted by Crippen LogP contribution is 2.30. The lowest BCUT2D eigenvalue weighted by atomic mass is 10.2. The lowest BCUT2D eigenvalue weighted by molar-refractivity contribution is -0.153. The van der Waals surface area contributed by atoms with Gasteiger partial charge in [-0.15, -0.1) is 0 Å². The molecule has 0 saturated carbocycles. The van der Waals surface area contributed by atoms with E-state index in [0.717, 1.165) is 0 Å². The van der Waals surface area contributed by atoms with Crippen LogP contribution in [0.4, 0.5) is 5.82 Å². The summed E-state index contributed by atoms with van der Waals surface area (Å²) in [4.78, 5) is 38.0. The number of aromatic nitrogens is 2. The van der Waals surface area contributed by atoms with Crippen LogP contribution in [0.2, 0.25) is 0 Å². The highest BCUT2D eigenvalue weighted by Gasteiger charge is 2.38. The van der Waals surface area contributed by atoms with Gasteiger partial charge < -0.3 is 25.1 Å². The Labute approximate surface area is 132 Å². The Morgan fingerprint density at radius 3 is 2.87 bits per heavy atom. The smallest absolute Gasteiger partial charge is 0.351 e. The van der Waals surface area contributed by atoms with E-state index in [1.807, 2.05) is 0 Å². The van der Waals surface area contributed by atoms with E-state index >= 15 is 0 Å². The fourth-order valence-corrected chi connectivity index (χ4v) is 2.31. The summed E-state index contributed by atoms with van der Waals surface area (Å²) in [6, 6.07) is 1.45. The van der Waals surface area contributed by atoms with Crippen molar-refractivity contribution >= 4 is 17.6 Å². The molecule has 2 rings (SSSR count). The van der Waals surface area contributed by atoms with Crippen LogP contribution in [0.3, 0.4) is 0 Å². The van der Waals surface area contributed by atoms with E-state index in [9.17, 15) is 19.5 Å². The third-order valence-electron chi connectivity index (χ3n) is 3.49. The molecule has 126 valence electrons. The molecule has 3 atom stereocenters. The molecule has 9 nitrogen and oxygen atoms in total. The van der Waals surface area contributed by atoms with Crippen LogP contribution in [0.25, 0.3) is 0 Å². The SMILES string of the molecule is CC(=O)CCC(=O)O[C@@H]1C[C@@H](n2ccc(N)nc2=O)O[C@H]1CO. The summed E-state index contributed by atoms with van der Waals surface area (Å²) in [5.41, 5.74) is 4.84. The maximum Gasteiger partial charge on any atom is 0.351 e. The Morgan fingerprint density at radius 2 is 2.26 bits per heavy atom. The number of nitrogens with zero attached hydrogens (tertiary/aromatic N) is 2. The van der Waals surface area contributed by atoms with Crippen molar-refractivity contribution in [1.82, 2.24) is 9.55 Å². The number of esters is 1. The van der Waals surface area contributed by atoms with Crippen molar-refractivity contribution in [3.05, 3.63) is 22.7 Å². The molecule has 0 bridgehead atoms. The van der Waals surface area contributed by atoms with Crippen molar-refractivity contribution in [2.24, 2.45) is 0 Å². The summed E-state index contributed by atoms with van der Waals surface area (Å²) < 4.78 is 12.0. The molecule has 0 unspecified atom stereocenters. The van der Waals surface area contributed by atoms with Gasteiger partial charge in [-0.1, -0.05) is 0 Å². The first-order valence-corrected chi connectivity index (χ1v) is 7.20. The predicted octanol–water partition coefficient (Wildman–Crippen LogP) is -0.614. The van der Waals surface area contributed by atoms with E-state index in [-0.39, 0.29) is 37.5 Å². The molecule has 1 aliphatic heterocycles. The van der Waals surface area contributed by atoms with Crippen molar-refractivity contribution in [2.45, 2.75) is 44.6 Å². The molecular weight excluding hydrogens is 306 g/mol. The maximum absolute atomic E-state index is 11.8. The van der Waals surface area contributed by atoms with Gasteiger partial charge in [-0.3, -0.25) is 9.36 Å². The quantitative estimate of drug-likeness (QED) is 0.661. The van der Waals surface area contributed by atoms with Gasteiger partial charge in [0, 0.05) is 19.0 Å². The van der Waals surface area contributed by atoms with Crippen molar-refractivity contribution in [3.63, 3.8) is 0 Å². The molecule has 1 aromatic rings. The Bertz CT molecular complexity index is 644. The maximum atomic E-state index is 11.8. The van der Waals surface area contributed by atoms with Crippen LogP contribution in [-0.4, -0.2) is 45.2 Å². The number of carbonyl (C=O) groups excluding carboxylic acids is 2. The van der Waals surface area contributed by atoms with Gasteiger partial charge in [0.15, 0.2) is 0 Å². The minimum atomic E-state index is -0.745. The van der Waals surface area contributed by atoms with E-state index in [1.54, 1.807) is 0 Å². The predicted molar refractivity (Wildman–Crippen MR) is 78.3 cm³/mol. The van der Waals surface area contributed by atoms with E-state index in [4.69, 9.17) is 15.2 Å². The lowest BCUT2D eigenvalue weighted by Gasteiger charge is -2.16. The van der Waals surface area contributed by atoms with E-state index in [0.29, 0.717) is 0 Å². The van der Waals surface area contributed by atoms with Crippen LogP contribution in [0.5, 0.6) is 0 Å². The zero-order valence-electron chi connectivity index (χ0n) is 12.7. The molecule has 1 saturated heterocycles. The number of ether oxygens (including phenoxy) is 2. The molecule has 1 aromatic heterocycles. The average Bonchev–Trinajstić information content (AvgIpc) is 2.87. The normalized spacial score (nSPS) is 23.7. The molecule has 0 spiro atoms. The molecular formula is C14H19N3O6. The third kappa shape index (κ3) is 4.36. The second-order valence-corrected chi connectivity index (χ2v) is 5.32. The Morgan fingerprint density at radius 1 is 1.52 bits per heavy atom. The first kappa shape index (κ1) is 17.1. The van der Waals surface area contributed by atoms with E-state index in [2.05, 4.69) is 4.98 Å². The lowest BCUT2D eigenvalue weighted by Crippen LogP contribution is -2.30. The first-order chi connectivity index (χ1) is 10.9. The Kier molecular flexibility index (Phi) is 5.45. The number of anilines is 1. The number of aliphatic hydroxyl groups is 1. The Balaban J connectivity index is 2.03. The summed E-state index contributed by atoms with van der Waals surface area (Å²) in [6.45, 7) is 1.03. The number of aliphatic hydroxyl groups excluding tert-OH is 1. The van der Waals surface area contributed by atoms with Gasteiger partial charge in [0.25, 0.3) is 0 Å². The standard InChI is InChI=1S/C14H19N3O6/c1-8(19)2-3-13(20)23-9-6-12(22-10(9)7-18)17-5-4-11(15)16-14(17)21/h4-5,9-10,12,18H,2-3,6-7H2,1H3,(H2,15,16,21)/t9-,10+,12+/m1/s1. The number of hydrogen-bond acceptors (Lipinski definition) is 8. The fraction of sp³-hybridized carbons (Fsp3) is 0.571. The van der Waals surface area contributed by atoms with Gasteiger partial charge in [-0.2, -0.15) is 4.98 Å². The molecule has 3 N–H and O–H groups in total. The molecule has 9 heteroatoms. The van der Waals surface area contributed by atoms with Gasteiger partial charge in [0.05, 0.1) is 13.0 Å². The first-order valence-electron chi connectivity index (χ1n) is 7.20. The molecule has 1 aliphatic rings. The number of rotatable bonds is 6. The number of nitrogens with two attached hydrogens (primary N) is 1. The summed E-state index contributed by atoms with van der Waals surface area (Å²) >= 11 is 0. The number of Topliss-reactive ketones (excluding diaryl/α,β-unsaturated/α-hetero) is 1. The van der Waals surface area contributed by atoms with Crippen LogP contribution >= 0.6 is 0 Å². The molecule has 0 amide bonds. The zero-order chi connectivity index (χ0) is 17.0. The molecule has 2 heterocycles. The zero-order valence-corrected chi connectivity index (χ0v) is 12.7. The minimum absolute atomic E-state index is 0.0297. The highest BCUT2D eigenvalue weighted by molar-refractivity contribution is 5.81. The van der Waals surface area contributed by atoms with Crippen LogP contribution in [0.15, 0.2) is 17.1 Å². The van der Waals surface area contributed by atoms with Gasteiger partial charge in [-0.25, -0.2) is 4.79 Å². The number of ketones is 1. The minimum Gasteiger partial charge on any atom is -0.459 e. The summed E-state index contributed by atoms with van der Waals surface area (Å²) in [5, 5.41) is 9.35. The van der Waals surface area contributed by atoms with Crippen molar-refractivity contribution in [1.29, 1.82) is 0 Å². The molecule has 0 aliphatic carbocycles. The largest absolute Gasteiger partial charge is 0.459 e. The van der Waals surface area contributed by atoms with Gasteiger partial charge in [-0.05, 0) is 13.0 Å². The molecule has 23 heavy (non-hydrogen) atoms. The summed E-state index contributed by atoms with van der Waals surface area (Å²) in [6.07, 6.45) is -0.455. The molecule has 0 radical (unpaired) electrons. The average molecular weight is 325 g/mol. The number of hydrogen-bond donors (Lipinski definition) is 2. The number of nitrogen functional groups attached to an aromatic ring is 1. The van der Waals surface area contributed by atoms with Gasteiger partial charge >= 0.3 is 11.7 Å².